The average Bonchev–Trinajstić information content (AvgIpc) is 2.89. The fourth-order valence-electron chi connectivity index (χ4n) is 2.16. The zero-order valence-electron chi connectivity index (χ0n) is 10.5. The number of nitrogens with one attached hydrogen (secondary N) is 1. The Morgan fingerprint density at radius 1 is 1.37 bits per heavy atom. The summed E-state index contributed by atoms with van der Waals surface area (Å²) in [6.07, 6.45) is 1.17. The van der Waals surface area contributed by atoms with Gasteiger partial charge in [-0.05, 0) is 17.9 Å². The van der Waals surface area contributed by atoms with Crippen molar-refractivity contribution in [1.82, 2.24) is 5.32 Å². The number of carboxylic acids is 1. The first-order valence-corrected chi connectivity index (χ1v) is 6.31. The lowest BCUT2D eigenvalue weighted by Crippen LogP contribution is -2.34. The standard InChI is InChI=1S/C14H17NO4/c16-12(8-10-6-7-19-9-10)15-13(14(17)18)11-4-2-1-3-5-11/h1-5,10,13H,6-9H2,(H,15,16)(H,17,18)/t10?,13-/m1/s1. The van der Waals surface area contributed by atoms with Crippen LogP contribution in [0.5, 0.6) is 0 Å². The lowest BCUT2D eigenvalue weighted by molar-refractivity contribution is -0.142. The highest BCUT2D eigenvalue weighted by molar-refractivity contribution is 5.84. The molecule has 1 heterocycles. The third-order valence-corrected chi connectivity index (χ3v) is 3.18. The number of aliphatic carboxylic acids is 1. The van der Waals surface area contributed by atoms with Crippen LogP contribution in [0.2, 0.25) is 0 Å². The Labute approximate surface area is 111 Å². The maximum atomic E-state index is 11.9. The van der Waals surface area contributed by atoms with Crippen LogP contribution in [0.4, 0.5) is 0 Å². The monoisotopic (exact) mass is 263 g/mol. The molecule has 0 radical (unpaired) electrons. The molecule has 2 rings (SSSR count). The molecule has 0 spiro atoms. The van der Waals surface area contributed by atoms with Gasteiger partial charge >= 0.3 is 5.97 Å². The van der Waals surface area contributed by atoms with Crippen LogP contribution in [-0.4, -0.2) is 30.2 Å². The van der Waals surface area contributed by atoms with Crippen molar-refractivity contribution in [2.24, 2.45) is 5.92 Å². The number of carbonyl (C=O) groups is 2. The minimum atomic E-state index is -1.05. The van der Waals surface area contributed by atoms with Gasteiger partial charge in [-0.2, -0.15) is 0 Å². The summed E-state index contributed by atoms with van der Waals surface area (Å²) in [6.45, 7) is 1.26. The van der Waals surface area contributed by atoms with Crippen LogP contribution in [0, 0.1) is 5.92 Å². The summed E-state index contributed by atoms with van der Waals surface area (Å²) in [6, 6.07) is 7.70. The van der Waals surface area contributed by atoms with Gasteiger partial charge in [0.2, 0.25) is 5.91 Å². The molecular weight excluding hydrogens is 246 g/mol. The van der Waals surface area contributed by atoms with Gasteiger partial charge in [0.25, 0.3) is 0 Å². The number of amides is 1. The van der Waals surface area contributed by atoms with E-state index in [-0.39, 0.29) is 11.8 Å². The van der Waals surface area contributed by atoms with Gasteiger partial charge in [0, 0.05) is 19.6 Å². The smallest absolute Gasteiger partial charge is 0.330 e. The second-order valence-corrected chi connectivity index (χ2v) is 4.68. The van der Waals surface area contributed by atoms with Gasteiger partial charge in [0.15, 0.2) is 6.04 Å². The fourth-order valence-corrected chi connectivity index (χ4v) is 2.16. The molecule has 2 atom stereocenters. The van der Waals surface area contributed by atoms with E-state index in [9.17, 15) is 14.7 Å². The maximum Gasteiger partial charge on any atom is 0.330 e. The molecule has 1 aliphatic rings. The van der Waals surface area contributed by atoms with E-state index in [4.69, 9.17) is 4.74 Å². The molecule has 0 bridgehead atoms. The highest BCUT2D eigenvalue weighted by Gasteiger charge is 2.24. The topological polar surface area (TPSA) is 75.6 Å². The largest absolute Gasteiger partial charge is 0.479 e. The first-order chi connectivity index (χ1) is 9.16. The van der Waals surface area contributed by atoms with E-state index >= 15 is 0 Å². The minimum Gasteiger partial charge on any atom is -0.479 e. The summed E-state index contributed by atoms with van der Waals surface area (Å²) >= 11 is 0. The average molecular weight is 263 g/mol. The lowest BCUT2D eigenvalue weighted by atomic mass is 10.0. The van der Waals surface area contributed by atoms with Crippen LogP contribution in [0.25, 0.3) is 0 Å². The van der Waals surface area contributed by atoms with Gasteiger partial charge in [0.05, 0.1) is 0 Å². The van der Waals surface area contributed by atoms with E-state index in [2.05, 4.69) is 5.32 Å². The molecule has 5 nitrogen and oxygen atoms in total. The SMILES string of the molecule is O=C(CC1CCOC1)N[C@@H](C(=O)O)c1ccccc1. The molecule has 0 saturated carbocycles. The highest BCUT2D eigenvalue weighted by atomic mass is 16.5. The van der Waals surface area contributed by atoms with Crippen molar-refractivity contribution in [3.63, 3.8) is 0 Å². The molecule has 19 heavy (non-hydrogen) atoms. The van der Waals surface area contributed by atoms with E-state index in [1.165, 1.54) is 0 Å². The molecule has 1 aliphatic heterocycles. The molecule has 1 aromatic carbocycles. The Morgan fingerprint density at radius 2 is 2.11 bits per heavy atom. The normalized spacial score (nSPS) is 19.9. The van der Waals surface area contributed by atoms with Gasteiger partial charge < -0.3 is 15.2 Å². The highest BCUT2D eigenvalue weighted by Crippen LogP contribution is 2.18. The van der Waals surface area contributed by atoms with Crippen LogP contribution in [0.3, 0.4) is 0 Å². The summed E-state index contributed by atoms with van der Waals surface area (Å²) < 4.78 is 5.20. The first kappa shape index (κ1) is 13.5. The zero-order valence-corrected chi connectivity index (χ0v) is 10.5. The van der Waals surface area contributed by atoms with Gasteiger partial charge in [-0.15, -0.1) is 0 Å². The van der Waals surface area contributed by atoms with Crippen LogP contribution in [0.1, 0.15) is 24.4 Å². The molecule has 1 aromatic rings. The minimum absolute atomic E-state index is 0.199. The van der Waals surface area contributed by atoms with Crippen LogP contribution < -0.4 is 5.32 Å². The maximum absolute atomic E-state index is 11.9. The van der Waals surface area contributed by atoms with E-state index in [0.29, 0.717) is 25.2 Å². The van der Waals surface area contributed by atoms with Crippen LogP contribution >= 0.6 is 0 Å². The summed E-state index contributed by atoms with van der Waals surface area (Å²) in [5, 5.41) is 11.8. The Morgan fingerprint density at radius 3 is 2.68 bits per heavy atom. The molecular formula is C14H17NO4. The van der Waals surface area contributed by atoms with E-state index < -0.39 is 12.0 Å². The summed E-state index contributed by atoms with van der Waals surface area (Å²) in [5.74, 6) is -1.10. The van der Waals surface area contributed by atoms with Gasteiger partial charge in [-0.3, -0.25) is 4.79 Å². The molecule has 0 aliphatic carbocycles. The van der Waals surface area contributed by atoms with Crippen molar-refractivity contribution in [1.29, 1.82) is 0 Å². The van der Waals surface area contributed by atoms with Crippen molar-refractivity contribution in [3.8, 4) is 0 Å². The Hall–Kier alpha value is -1.88. The third kappa shape index (κ3) is 3.79. The summed E-state index contributed by atoms with van der Waals surface area (Å²) in [4.78, 5) is 23.1. The number of ether oxygens (including phenoxy) is 1. The number of carbonyl (C=O) groups excluding carboxylic acids is 1. The van der Waals surface area contributed by atoms with Crippen molar-refractivity contribution in [2.45, 2.75) is 18.9 Å². The van der Waals surface area contributed by atoms with Crippen LogP contribution in [-0.2, 0) is 14.3 Å². The predicted octanol–water partition coefficient (Wildman–Crippen LogP) is 1.36. The van der Waals surface area contributed by atoms with E-state index in [0.717, 1.165) is 6.42 Å². The van der Waals surface area contributed by atoms with E-state index in [1.807, 2.05) is 0 Å². The first-order valence-electron chi connectivity index (χ1n) is 6.31. The molecule has 5 heteroatoms. The number of hydrogen-bond donors (Lipinski definition) is 2. The second-order valence-electron chi connectivity index (χ2n) is 4.68. The molecule has 0 aromatic heterocycles. The Balaban J connectivity index is 1.97. The summed E-state index contributed by atoms with van der Waals surface area (Å²) in [7, 11) is 0. The molecule has 1 fully saturated rings. The predicted molar refractivity (Wildman–Crippen MR) is 68.5 cm³/mol. The molecule has 2 N–H and O–H groups in total. The van der Waals surface area contributed by atoms with Gasteiger partial charge in [0.1, 0.15) is 0 Å². The molecule has 1 amide bonds. The number of hydrogen-bond acceptors (Lipinski definition) is 3. The molecule has 1 saturated heterocycles. The van der Waals surface area contributed by atoms with Crippen molar-refractivity contribution in [3.05, 3.63) is 35.9 Å². The Kier molecular flexibility index (Phi) is 4.52. The lowest BCUT2D eigenvalue weighted by Gasteiger charge is -2.16. The number of carboxylic acid groups (broad SMARTS) is 1. The molecule has 1 unspecified atom stereocenters. The van der Waals surface area contributed by atoms with Crippen LogP contribution in [0.15, 0.2) is 30.3 Å². The Bertz CT molecular complexity index is 440. The van der Waals surface area contributed by atoms with E-state index in [1.54, 1.807) is 30.3 Å². The van der Waals surface area contributed by atoms with Crippen molar-refractivity contribution < 1.29 is 19.4 Å². The van der Waals surface area contributed by atoms with Crippen molar-refractivity contribution in [2.75, 3.05) is 13.2 Å². The van der Waals surface area contributed by atoms with Gasteiger partial charge in [-0.25, -0.2) is 4.79 Å². The zero-order chi connectivity index (χ0) is 13.7. The third-order valence-electron chi connectivity index (χ3n) is 3.18. The number of benzene rings is 1. The van der Waals surface area contributed by atoms with Crippen molar-refractivity contribution >= 4 is 11.9 Å². The fraction of sp³-hybridized carbons (Fsp3) is 0.429. The quantitative estimate of drug-likeness (QED) is 0.841. The number of rotatable bonds is 5. The summed E-state index contributed by atoms with van der Waals surface area (Å²) in [5.41, 5.74) is 0.575. The molecule has 102 valence electrons. The second kappa shape index (κ2) is 6.33. The van der Waals surface area contributed by atoms with Gasteiger partial charge in [-0.1, -0.05) is 30.3 Å².